The molecule has 3 nitrogen and oxygen atoms in total. The van der Waals surface area contributed by atoms with Gasteiger partial charge in [0.05, 0.1) is 23.2 Å². The summed E-state index contributed by atoms with van der Waals surface area (Å²) in [6, 6.07) is 4.26. The number of aromatic nitrogens is 1. The number of nitrogens with zero attached hydrogens (tertiary/aromatic N) is 2. The maximum absolute atomic E-state index is 10.4. The van der Waals surface area contributed by atoms with Gasteiger partial charge in [-0.15, -0.1) is 11.3 Å². The zero-order valence-corrected chi connectivity index (χ0v) is 14.4. The number of thiazole rings is 1. The number of hydrogen-bond donors (Lipinski definition) is 1. The quantitative estimate of drug-likeness (QED) is 0.915. The van der Waals surface area contributed by atoms with Crippen LogP contribution in [-0.4, -0.2) is 16.6 Å². The molecule has 2 aromatic rings. The van der Waals surface area contributed by atoms with Crippen LogP contribution in [0.1, 0.15) is 48.7 Å². The first-order valence-corrected chi connectivity index (χ1v) is 9.13. The van der Waals surface area contributed by atoms with Gasteiger partial charge in [-0.25, -0.2) is 4.98 Å². The van der Waals surface area contributed by atoms with Gasteiger partial charge in [0.1, 0.15) is 0 Å². The van der Waals surface area contributed by atoms with Gasteiger partial charge in [-0.05, 0) is 36.6 Å². The first-order chi connectivity index (χ1) is 9.98. The van der Waals surface area contributed by atoms with Crippen molar-refractivity contribution in [3.8, 4) is 0 Å². The van der Waals surface area contributed by atoms with E-state index in [0.29, 0.717) is 0 Å². The molecule has 1 N–H and O–H groups in total. The van der Waals surface area contributed by atoms with Crippen LogP contribution in [0.3, 0.4) is 0 Å². The summed E-state index contributed by atoms with van der Waals surface area (Å²) < 4.78 is 0. The van der Waals surface area contributed by atoms with Crippen molar-refractivity contribution in [3.63, 3.8) is 0 Å². The maximum Gasteiger partial charge on any atom is 0.186 e. The molecule has 0 amide bonds. The van der Waals surface area contributed by atoms with Crippen LogP contribution in [0.5, 0.6) is 0 Å². The average Bonchev–Trinajstić information content (AvgIpc) is 3.03. The van der Waals surface area contributed by atoms with Crippen LogP contribution in [0, 0.1) is 5.41 Å². The second-order valence-electron chi connectivity index (χ2n) is 6.46. The molecule has 2 aromatic heterocycles. The summed E-state index contributed by atoms with van der Waals surface area (Å²) in [6.45, 7) is 8.42. The first kappa shape index (κ1) is 15.0. The van der Waals surface area contributed by atoms with Gasteiger partial charge in [0.25, 0.3) is 0 Å². The number of thiophene rings is 1. The maximum atomic E-state index is 10.4. The third-order valence-corrected chi connectivity index (χ3v) is 6.11. The molecule has 0 aromatic carbocycles. The normalized spacial score (nSPS) is 20.3. The summed E-state index contributed by atoms with van der Waals surface area (Å²) in [4.78, 5) is 9.57. The Kier molecular flexibility index (Phi) is 4.08. The molecule has 2 heterocycles. The van der Waals surface area contributed by atoms with Gasteiger partial charge in [0.2, 0.25) is 0 Å². The van der Waals surface area contributed by atoms with Gasteiger partial charge in [0, 0.05) is 11.4 Å². The van der Waals surface area contributed by atoms with Crippen molar-refractivity contribution in [1.29, 1.82) is 0 Å². The van der Waals surface area contributed by atoms with Crippen LogP contribution < -0.4 is 4.90 Å². The number of anilines is 1. The van der Waals surface area contributed by atoms with E-state index < -0.39 is 0 Å². The molecule has 1 aliphatic rings. The standard InChI is InChI=1S/C16H22N2OS2/c1-4-18(10-11-6-5-7-20-11)15-17-12-8-16(2,3)9-13(19)14(12)21-15/h5-7,13,19H,4,8-10H2,1-3H3. The van der Waals surface area contributed by atoms with Gasteiger partial charge in [-0.3, -0.25) is 0 Å². The molecule has 1 unspecified atom stereocenters. The zero-order chi connectivity index (χ0) is 15.0. The predicted molar refractivity (Wildman–Crippen MR) is 90.2 cm³/mol. The van der Waals surface area contributed by atoms with Crippen molar-refractivity contribution < 1.29 is 5.11 Å². The van der Waals surface area contributed by atoms with Gasteiger partial charge >= 0.3 is 0 Å². The summed E-state index contributed by atoms with van der Waals surface area (Å²) in [5, 5.41) is 13.5. The number of aliphatic hydroxyl groups is 1. The Hall–Kier alpha value is -0.910. The van der Waals surface area contributed by atoms with E-state index in [1.165, 1.54) is 4.88 Å². The molecule has 21 heavy (non-hydrogen) atoms. The van der Waals surface area contributed by atoms with Crippen LogP contribution in [0.15, 0.2) is 17.5 Å². The zero-order valence-electron chi connectivity index (χ0n) is 12.8. The summed E-state index contributed by atoms with van der Waals surface area (Å²) in [5.41, 5.74) is 1.24. The molecule has 0 saturated carbocycles. The fourth-order valence-electron chi connectivity index (χ4n) is 2.92. The monoisotopic (exact) mass is 322 g/mol. The first-order valence-electron chi connectivity index (χ1n) is 7.43. The van der Waals surface area contributed by atoms with E-state index in [4.69, 9.17) is 4.98 Å². The molecule has 1 atom stereocenters. The van der Waals surface area contributed by atoms with Gasteiger partial charge < -0.3 is 10.0 Å². The molecule has 5 heteroatoms. The molecule has 0 saturated heterocycles. The minimum absolute atomic E-state index is 0.141. The Balaban J connectivity index is 1.86. The van der Waals surface area contributed by atoms with Gasteiger partial charge in [-0.2, -0.15) is 0 Å². The molecule has 0 spiro atoms. The SMILES string of the molecule is CCN(Cc1cccs1)c1nc2c(s1)C(O)CC(C)(C)C2. The molecule has 3 rings (SSSR count). The highest BCUT2D eigenvalue weighted by Crippen LogP contribution is 2.44. The molecule has 114 valence electrons. The lowest BCUT2D eigenvalue weighted by Gasteiger charge is -2.31. The van der Waals surface area contributed by atoms with Crippen LogP contribution in [0.2, 0.25) is 0 Å². The predicted octanol–water partition coefficient (Wildman–Crippen LogP) is 4.24. The van der Waals surface area contributed by atoms with Crippen molar-refractivity contribution in [3.05, 3.63) is 33.0 Å². The molecule has 0 radical (unpaired) electrons. The van der Waals surface area contributed by atoms with E-state index in [1.54, 1.807) is 22.7 Å². The Morgan fingerprint density at radius 2 is 2.29 bits per heavy atom. The summed E-state index contributed by atoms with van der Waals surface area (Å²) in [6.07, 6.45) is 1.45. The molecule has 0 fully saturated rings. The number of fused-ring (bicyclic) bond motifs is 1. The van der Waals surface area contributed by atoms with Crippen LogP contribution in [0.4, 0.5) is 5.13 Å². The van der Waals surface area contributed by atoms with E-state index in [0.717, 1.165) is 41.6 Å². The fourth-order valence-corrected chi connectivity index (χ4v) is 4.77. The summed E-state index contributed by atoms with van der Waals surface area (Å²) in [7, 11) is 0. The highest BCUT2D eigenvalue weighted by Gasteiger charge is 2.34. The molecule has 0 bridgehead atoms. The largest absolute Gasteiger partial charge is 0.387 e. The second kappa shape index (κ2) is 5.71. The number of rotatable bonds is 4. The smallest absolute Gasteiger partial charge is 0.186 e. The van der Waals surface area contributed by atoms with Crippen molar-refractivity contribution in [2.75, 3.05) is 11.4 Å². The minimum Gasteiger partial charge on any atom is -0.387 e. The van der Waals surface area contributed by atoms with Crippen LogP contribution in [-0.2, 0) is 13.0 Å². The van der Waals surface area contributed by atoms with E-state index in [1.807, 2.05) is 0 Å². The molecular formula is C16H22N2OS2. The number of aliphatic hydroxyl groups excluding tert-OH is 1. The van der Waals surface area contributed by atoms with Crippen molar-refractivity contribution in [2.45, 2.75) is 46.3 Å². The third-order valence-electron chi connectivity index (χ3n) is 3.99. The summed E-state index contributed by atoms with van der Waals surface area (Å²) >= 11 is 3.45. The third kappa shape index (κ3) is 3.15. The van der Waals surface area contributed by atoms with E-state index in [9.17, 15) is 5.11 Å². The van der Waals surface area contributed by atoms with Crippen molar-refractivity contribution in [1.82, 2.24) is 4.98 Å². The van der Waals surface area contributed by atoms with Gasteiger partial charge in [0.15, 0.2) is 5.13 Å². The topological polar surface area (TPSA) is 36.4 Å². The van der Waals surface area contributed by atoms with Crippen molar-refractivity contribution >= 4 is 27.8 Å². The Morgan fingerprint density at radius 3 is 2.95 bits per heavy atom. The Bertz CT molecular complexity index is 604. The van der Waals surface area contributed by atoms with Crippen LogP contribution in [0.25, 0.3) is 0 Å². The highest BCUT2D eigenvalue weighted by molar-refractivity contribution is 7.15. The summed E-state index contributed by atoms with van der Waals surface area (Å²) in [5.74, 6) is 0. The van der Waals surface area contributed by atoms with Crippen molar-refractivity contribution in [2.24, 2.45) is 5.41 Å². The highest BCUT2D eigenvalue weighted by atomic mass is 32.1. The lowest BCUT2D eigenvalue weighted by Crippen LogP contribution is -2.25. The Labute approximate surface area is 134 Å². The Morgan fingerprint density at radius 1 is 1.48 bits per heavy atom. The van der Waals surface area contributed by atoms with E-state index in [2.05, 4.69) is 43.2 Å². The van der Waals surface area contributed by atoms with Gasteiger partial charge in [-0.1, -0.05) is 31.3 Å². The molecule has 1 aliphatic carbocycles. The lowest BCUT2D eigenvalue weighted by atomic mass is 9.77. The van der Waals surface area contributed by atoms with Crippen LogP contribution >= 0.6 is 22.7 Å². The number of hydrogen-bond acceptors (Lipinski definition) is 5. The van der Waals surface area contributed by atoms with E-state index in [-0.39, 0.29) is 11.5 Å². The van der Waals surface area contributed by atoms with E-state index >= 15 is 0 Å². The molecular weight excluding hydrogens is 300 g/mol. The minimum atomic E-state index is -0.351. The fraction of sp³-hybridized carbons (Fsp3) is 0.562. The average molecular weight is 322 g/mol. The second-order valence-corrected chi connectivity index (χ2v) is 8.50. The molecule has 0 aliphatic heterocycles. The lowest BCUT2D eigenvalue weighted by molar-refractivity contribution is 0.102.